The molecular formula is C9H12N4O3. The first-order chi connectivity index (χ1) is 7.72. The Morgan fingerprint density at radius 3 is 2.62 bits per heavy atom. The molecule has 0 aliphatic carbocycles. The number of hydrogen-bond donors (Lipinski definition) is 3. The van der Waals surface area contributed by atoms with Gasteiger partial charge in [-0.05, 0) is 17.7 Å². The zero-order chi connectivity index (χ0) is 11.8. The van der Waals surface area contributed by atoms with Crippen molar-refractivity contribution < 1.29 is 14.3 Å². The Morgan fingerprint density at radius 2 is 2.00 bits per heavy atom. The van der Waals surface area contributed by atoms with Gasteiger partial charge in [0.05, 0.1) is 7.11 Å². The quantitative estimate of drug-likeness (QED) is 0.623. The van der Waals surface area contributed by atoms with Gasteiger partial charge in [-0.3, -0.25) is 4.98 Å². The number of pyridine rings is 1. The molecule has 0 unspecified atom stereocenters. The van der Waals surface area contributed by atoms with E-state index >= 15 is 0 Å². The highest BCUT2D eigenvalue weighted by molar-refractivity contribution is 5.77. The Bertz CT molecular complexity index is 355. The van der Waals surface area contributed by atoms with Crippen molar-refractivity contribution in [2.75, 3.05) is 7.11 Å². The largest absolute Gasteiger partial charge is 0.452 e. The van der Waals surface area contributed by atoms with Crippen molar-refractivity contribution >= 4 is 12.1 Å². The Labute approximate surface area is 92.2 Å². The zero-order valence-corrected chi connectivity index (χ0v) is 8.69. The van der Waals surface area contributed by atoms with Crippen LogP contribution in [0, 0.1) is 0 Å². The van der Waals surface area contributed by atoms with Crippen molar-refractivity contribution in [1.82, 2.24) is 21.2 Å². The van der Waals surface area contributed by atoms with Crippen LogP contribution in [0.1, 0.15) is 5.56 Å². The van der Waals surface area contributed by atoms with E-state index in [9.17, 15) is 9.59 Å². The maximum absolute atomic E-state index is 11.1. The monoisotopic (exact) mass is 224 g/mol. The van der Waals surface area contributed by atoms with E-state index in [0.29, 0.717) is 6.54 Å². The third kappa shape index (κ3) is 4.27. The molecule has 0 aliphatic heterocycles. The summed E-state index contributed by atoms with van der Waals surface area (Å²) in [6.45, 7) is 0.344. The second kappa shape index (κ2) is 6.23. The predicted molar refractivity (Wildman–Crippen MR) is 55.1 cm³/mol. The lowest BCUT2D eigenvalue weighted by atomic mass is 10.3. The van der Waals surface area contributed by atoms with Crippen LogP contribution in [0.15, 0.2) is 24.5 Å². The highest BCUT2D eigenvalue weighted by Crippen LogP contribution is 1.93. The van der Waals surface area contributed by atoms with Crippen molar-refractivity contribution in [1.29, 1.82) is 0 Å². The normalized spacial score (nSPS) is 9.06. The number of hydrazine groups is 1. The van der Waals surface area contributed by atoms with E-state index in [0.717, 1.165) is 5.56 Å². The van der Waals surface area contributed by atoms with Crippen LogP contribution < -0.4 is 16.2 Å². The second-order valence-corrected chi connectivity index (χ2v) is 2.78. The summed E-state index contributed by atoms with van der Waals surface area (Å²) in [5.41, 5.74) is 5.05. The highest BCUT2D eigenvalue weighted by atomic mass is 16.5. The average molecular weight is 224 g/mol. The molecule has 7 heteroatoms. The van der Waals surface area contributed by atoms with E-state index in [-0.39, 0.29) is 0 Å². The van der Waals surface area contributed by atoms with Gasteiger partial charge in [0.15, 0.2) is 0 Å². The Hall–Kier alpha value is -2.31. The minimum absolute atomic E-state index is 0.344. The van der Waals surface area contributed by atoms with Gasteiger partial charge < -0.3 is 10.1 Å². The molecule has 3 amide bonds. The van der Waals surface area contributed by atoms with Crippen LogP contribution in [0.2, 0.25) is 0 Å². The standard InChI is InChI=1S/C9H12N4O3/c1-16-9(15)13-12-8(14)11-6-7-2-4-10-5-3-7/h2-5H,6H2,1H3,(H,13,15)(H2,11,12,14). The molecule has 86 valence electrons. The summed E-state index contributed by atoms with van der Waals surface area (Å²) >= 11 is 0. The van der Waals surface area contributed by atoms with Gasteiger partial charge in [-0.25, -0.2) is 20.4 Å². The molecule has 0 aromatic carbocycles. The predicted octanol–water partition coefficient (Wildman–Crippen LogP) is 0.152. The molecule has 0 saturated carbocycles. The third-order valence-corrected chi connectivity index (χ3v) is 1.67. The third-order valence-electron chi connectivity index (χ3n) is 1.67. The van der Waals surface area contributed by atoms with Crippen LogP contribution in [-0.4, -0.2) is 24.2 Å². The number of aromatic nitrogens is 1. The number of rotatable bonds is 2. The van der Waals surface area contributed by atoms with Gasteiger partial charge in [-0.2, -0.15) is 0 Å². The molecule has 3 N–H and O–H groups in total. The number of ether oxygens (including phenoxy) is 1. The van der Waals surface area contributed by atoms with Crippen LogP contribution in [-0.2, 0) is 11.3 Å². The second-order valence-electron chi connectivity index (χ2n) is 2.78. The Balaban J connectivity index is 2.23. The summed E-state index contributed by atoms with van der Waals surface area (Å²) in [7, 11) is 1.20. The minimum Gasteiger partial charge on any atom is -0.452 e. The molecular weight excluding hydrogens is 212 g/mol. The number of carbonyl (C=O) groups excluding carboxylic acids is 2. The molecule has 0 bridgehead atoms. The zero-order valence-electron chi connectivity index (χ0n) is 8.69. The molecule has 0 aliphatic rings. The van der Waals surface area contributed by atoms with Crippen molar-refractivity contribution in [3.8, 4) is 0 Å². The van der Waals surface area contributed by atoms with E-state index in [1.807, 2.05) is 5.43 Å². The lowest BCUT2D eigenvalue weighted by Gasteiger charge is -2.07. The summed E-state index contributed by atoms with van der Waals surface area (Å²) < 4.78 is 4.26. The number of carbonyl (C=O) groups is 2. The van der Waals surface area contributed by atoms with Gasteiger partial charge in [-0.15, -0.1) is 0 Å². The summed E-state index contributed by atoms with van der Waals surface area (Å²) in [6.07, 6.45) is 2.52. The first-order valence-corrected chi connectivity index (χ1v) is 4.49. The van der Waals surface area contributed by atoms with E-state index < -0.39 is 12.1 Å². The Morgan fingerprint density at radius 1 is 1.31 bits per heavy atom. The lowest BCUT2D eigenvalue weighted by Crippen LogP contribution is -2.46. The van der Waals surface area contributed by atoms with Crippen molar-refractivity contribution in [3.63, 3.8) is 0 Å². The topological polar surface area (TPSA) is 92.4 Å². The number of hydrogen-bond acceptors (Lipinski definition) is 4. The molecule has 0 saturated heterocycles. The highest BCUT2D eigenvalue weighted by Gasteiger charge is 2.02. The molecule has 0 atom stereocenters. The van der Waals surface area contributed by atoms with Gasteiger partial charge in [0.2, 0.25) is 0 Å². The molecule has 7 nitrogen and oxygen atoms in total. The summed E-state index contributed by atoms with van der Waals surface area (Å²) in [5.74, 6) is 0. The van der Waals surface area contributed by atoms with Crippen LogP contribution >= 0.6 is 0 Å². The van der Waals surface area contributed by atoms with Crippen LogP contribution in [0.4, 0.5) is 9.59 Å². The van der Waals surface area contributed by atoms with E-state index in [4.69, 9.17) is 0 Å². The minimum atomic E-state index is -0.737. The van der Waals surface area contributed by atoms with Crippen LogP contribution in [0.3, 0.4) is 0 Å². The maximum Gasteiger partial charge on any atom is 0.425 e. The SMILES string of the molecule is COC(=O)NNC(=O)NCc1ccncc1. The Kier molecular flexibility index (Phi) is 4.58. The van der Waals surface area contributed by atoms with Crippen molar-refractivity contribution in [2.24, 2.45) is 0 Å². The van der Waals surface area contributed by atoms with Gasteiger partial charge in [0.1, 0.15) is 0 Å². The summed E-state index contributed by atoms with van der Waals surface area (Å²) in [5, 5.41) is 2.53. The molecule has 1 rings (SSSR count). The molecule has 1 heterocycles. The fourth-order valence-electron chi connectivity index (χ4n) is 0.886. The van der Waals surface area contributed by atoms with Gasteiger partial charge in [-0.1, -0.05) is 0 Å². The van der Waals surface area contributed by atoms with E-state index in [1.54, 1.807) is 24.5 Å². The van der Waals surface area contributed by atoms with E-state index in [1.165, 1.54) is 7.11 Å². The number of amides is 3. The molecule has 0 spiro atoms. The molecule has 1 aromatic rings. The van der Waals surface area contributed by atoms with Gasteiger partial charge in [0.25, 0.3) is 0 Å². The smallest absolute Gasteiger partial charge is 0.425 e. The number of urea groups is 1. The number of nitrogens with zero attached hydrogens (tertiary/aromatic N) is 1. The molecule has 0 fully saturated rings. The maximum atomic E-state index is 11.1. The van der Waals surface area contributed by atoms with Crippen LogP contribution in [0.25, 0.3) is 0 Å². The van der Waals surface area contributed by atoms with E-state index in [2.05, 4.69) is 20.5 Å². The fourth-order valence-corrected chi connectivity index (χ4v) is 0.886. The van der Waals surface area contributed by atoms with Crippen molar-refractivity contribution in [2.45, 2.75) is 6.54 Å². The number of methoxy groups -OCH3 is 1. The molecule has 16 heavy (non-hydrogen) atoms. The first kappa shape index (κ1) is 11.8. The molecule has 1 aromatic heterocycles. The van der Waals surface area contributed by atoms with Gasteiger partial charge >= 0.3 is 12.1 Å². The van der Waals surface area contributed by atoms with Gasteiger partial charge in [0, 0.05) is 18.9 Å². The average Bonchev–Trinajstić information content (AvgIpc) is 2.34. The number of nitrogens with one attached hydrogen (secondary N) is 3. The fraction of sp³-hybridized carbons (Fsp3) is 0.222. The lowest BCUT2D eigenvalue weighted by molar-refractivity contribution is 0.165. The molecule has 0 radical (unpaired) electrons. The summed E-state index contributed by atoms with van der Waals surface area (Å²) in [4.78, 5) is 25.6. The first-order valence-electron chi connectivity index (χ1n) is 4.49. The van der Waals surface area contributed by atoms with Crippen LogP contribution in [0.5, 0.6) is 0 Å². The summed E-state index contributed by atoms with van der Waals surface area (Å²) in [6, 6.07) is 3.02. The van der Waals surface area contributed by atoms with Crippen molar-refractivity contribution in [3.05, 3.63) is 30.1 Å².